The fourth-order valence-corrected chi connectivity index (χ4v) is 3.21. The van der Waals surface area contributed by atoms with Gasteiger partial charge < -0.3 is 19.5 Å². The minimum atomic E-state index is -0.144. The van der Waals surface area contributed by atoms with Crippen LogP contribution in [0.25, 0.3) is 0 Å². The topological polar surface area (TPSA) is 39.7 Å². The molecule has 0 spiro atoms. The predicted molar refractivity (Wildman–Crippen MR) is 77.4 cm³/mol. The van der Waals surface area contributed by atoms with Gasteiger partial charge in [0.15, 0.2) is 11.5 Å². The summed E-state index contributed by atoms with van der Waals surface area (Å²) in [4.78, 5) is 0. The zero-order valence-electron chi connectivity index (χ0n) is 12.3. The van der Waals surface area contributed by atoms with E-state index in [9.17, 15) is 0 Å². The highest BCUT2D eigenvalue weighted by Gasteiger charge is 2.38. The minimum Gasteiger partial charge on any atom is -0.490 e. The van der Waals surface area contributed by atoms with Crippen LogP contribution in [0.4, 0.5) is 0 Å². The van der Waals surface area contributed by atoms with Crippen LogP contribution in [0.15, 0.2) is 18.2 Å². The lowest BCUT2D eigenvalue weighted by Gasteiger charge is -2.33. The van der Waals surface area contributed by atoms with Crippen molar-refractivity contribution in [1.82, 2.24) is 5.32 Å². The summed E-state index contributed by atoms with van der Waals surface area (Å²) < 4.78 is 17.5. The van der Waals surface area contributed by atoms with E-state index in [1.807, 2.05) is 13.1 Å². The number of rotatable bonds is 3. The second kappa shape index (κ2) is 5.62. The zero-order chi connectivity index (χ0) is 14.0. The summed E-state index contributed by atoms with van der Waals surface area (Å²) in [7, 11) is 1.99. The number of likely N-dealkylation sites (N-methyl/N-ethyl adjacent to an activating group) is 1. The van der Waals surface area contributed by atoms with Crippen LogP contribution in [-0.2, 0) is 4.74 Å². The Morgan fingerprint density at radius 1 is 1.10 bits per heavy atom. The lowest BCUT2D eigenvalue weighted by molar-refractivity contribution is -0.0105. The van der Waals surface area contributed by atoms with Gasteiger partial charge in [0.25, 0.3) is 0 Å². The molecule has 110 valence electrons. The lowest BCUT2D eigenvalue weighted by atomic mass is 9.87. The van der Waals surface area contributed by atoms with Crippen molar-refractivity contribution < 1.29 is 14.2 Å². The first kappa shape index (κ1) is 13.7. The molecule has 1 N–H and O–H groups in total. The Labute approximate surface area is 120 Å². The molecule has 0 bridgehead atoms. The Hall–Kier alpha value is -1.26. The number of benzene rings is 1. The Balaban J connectivity index is 1.90. The molecule has 4 nitrogen and oxygen atoms in total. The van der Waals surface area contributed by atoms with Crippen molar-refractivity contribution in [2.24, 2.45) is 0 Å². The molecule has 4 heteroatoms. The average Bonchev–Trinajstić information content (AvgIpc) is 2.75. The van der Waals surface area contributed by atoms with Gasteiger partial charge in [-0.2, -0.15) is 0 Å². The Morgan fingerprint density at radius 3 is 2.60 bits per heavy atom. The number of fused-ring (bicyclic) bond motifs is 1. The van der Waals surface area contributed by atoms with E-state index in [0.717, 1.165) is 44.0 Å². The third kappa shape index (κ3) is 2.50. The maximum Gasteiger partial charge on any atom is 0.161 e. The fraction of sp³-hybridized carbons (Fsp3) is 0.625. The van der Waals surface area contributed by atoms with Crippen LogP contribution < -0.4 is 14.8 Å². The third-order valence-corrected chi connectivity index (χ3v) is 4.25. The largest absolute Gasteiger partial charge is 0.490 e. The van der Waals surface area contributed by atoms with E-state index in [-0.39, 0.29) is 11.6 Å². The van der Waals surface area contributed by atoms with Gasteiger partial charge in [0.05, 0.1) is 24.9 Å². The minimum absolute atomic E-state index is 0.144. The Bertz CT molecular complexity index is 469. The molecule has 0 aromatic heterocycles. The summed E-state index contributed by atoms with van der Waals surface area (Å²) in [5.41, 5.74) is 1.05. The number of nitrogens with one attached hydrogen (secondary N) is 1. The SMILES string of the molecule is CNC(c1ccc2c(c1)OCCCO2)C1(C)CCCO1. The smallest absolute Gasteiger partial charge is 0.161 e. The molecule has 2 aliphatic rings. The molecule has 1 saturated heterocycles. The van der Waals surface area contributed by atoms with Gasteiger partial charge in [0.1, 0.15) is 0 Å². The van der Waals surface area contributed by atoms with Crippen LogP contribution in [0.1, 0.15) is 37.8 Å². The van der Waals surface area contributed by atoms with Crippen LogP contribution in [0.5, 0.6) is 11.5 Å². The summed E-state index contributed by atoms with van der Waals surface area (Å²) in [5.74, 6) is 1.69. The summed E-state index contributed by atoms with van der Waals surface area (Å²) >= 11 is 0. The molecular weight excluding hydrogens is 254 g/mol. The summed E-state index contributed by atoms with van der Waals surface area (Å²) in [6.45, 7) is 4.47. The first-order valence-electron chi connectivity index (χ1n) is 7.44. The molecule has 1 aromatic carbocycles. The van der Waals surface area contributed by atoms with E-state index in [0.29, 0.717) is 6.61 Å². The van der Waals surface area contributed by atoms with Crippen LogP contribution in [0.2, 0.25) is 0 Å². The Morgan fingerprint density at radius 2 is 1.90 bits per heavy atom. The molecule has 1 fully saturated rings. The summed E-state index contributed by atoms with van der Waals surface area (Å²) in [6, 6.07) is 6.39. The quantitative estimate of drug-likeness (QED) is 0.922. The first-order chi connectivity index (χ1) is 9.73. The van der Waals surface area contributed by atoms with Crippen molar-refractivity contribution in [3.8, 4) is 11.5 Å². The standard InChI is InChI=1S/C16H23NO3/c1-16(7-3-10-20-16)15(17-2)12-5-6-13-14(11-12)19-9-4-8-18-13/h5-6,11,15,17H,3-4,7-10H2,1-2H3. The van der Waals surface area contributed by atoms with E-state index >= 15 is 0 Å². The van der Waals surface area contributed by atoms with Gasteiger partial charge in [0.2, 0.25) is 0 Å². The maximum absolute atomic E-state index is 5.98. The highest BCUT2D eigenvalue weighted by molar-refractivity contribution is 5.44. The van der Waals surface area contributed by atoms with Crippen LogP contribution in [0, 0.1) is 0 Å². The van der Waals surface area contributed by atoms with Crippen LogP contribution in [0.3, 0.4) is 0 Å². The molecule has 2 atom stereocenters. The monoisotopic (exact) mass is 277 g/mol. The summed E-state index contributed by atoms with van der Waals surface area (Å²) in [6.07, 6.45) is 3.13. The van der Waals surface area contributed by atoms with E-state index in [2.05, 4.69) is 24.4 Å². The molecule has 0 radical (unpaired) electrons. The van der Waals surface area contributed by atoms with Crippen LogP contribution in [-0.4, -0.2) is 32.5 Å². The van der Waals surface area contributed by atoms with Gasteiger partial charge in [-0.3, -0.25) is 0 Å². The molecule has 20 heavy (non-hydrogen) atoms. The molecule has 0 saturated carbocycles. The van der Waals surface area contributed by atoms with E-state index in [1.165, 1.54) is 5.56 Å². The molecule has 2 heterocycles. The predicted octanol–water partition coefficient (Wildman–Crippen LogP) is 2.68. The first-order valence-corrected chi connectivity index (χ1v) is 7.44. The van der Waals surface area contributed by atoms with Crippen molar-refractivity contribution in [3.63, 3.8) is 0 Å². The average molecular weight is 277 g/mol. The highest BCUT2D eigenvalue weighted by Crippen LogP contribution is 2.40. The second-order valence-electron chi connectivity index (χ2n) is 5.74. The molecule has 0 aliphatic carbocycles. The summed E-state index contributed by atoms with van der Waals surface area (Å²) in [5, 5.41) is 3.40. The fourth-order valence-electron chi connectivity index (χ4n) is 3.21. The van der Waals surface area contributed by atoms with Gasteiger partial charge in [-0.15, -0.1) is 0 Å². The molecule has 2 aliphatic heterocycles. The number of hydrogen-bond donors (Lipinski definition) is 1. The van der Waals surface area contributed by atoms with Crippen molar-refractivity contribution in [1.29, 1.82) is 0 Å². The van der Waals surface area contributed by atoms with Crippen LogP contribution >= 0.6 is 0 Å². The van der Waals surface area contributed by atoms with Crippen molar-refractivity contribution in [2.75, 3.05) is 26.9 Å². The van der Waals surface area contributed by atoms with Crippen molar-refractivity contribution in [3.05, 3.63) is 23.8 Å². The molecular formula is C16H23NO3. The Kier molecular flexibility index (Phi) is 3.85. The normalized spacial score (nSPS) is 27.1. The van der Waals surface area contributed by atoms with E-state index in [4.69, 9.17) is 14.2 Å². The number of ether oxygens (including phenoxy) is 3. The van der Waals surface area contributed by atoms with E-state index in [1.54, 1.807) is 0 Å². The molecule has 3 rings (SSSR count). The second-order valence-corrected chi connectivity index (χ2v) is 5.74. The molecule has 0 amide bonds. The third-order valence-electron chi connectivity index (χ3n) is 4.25. The highest BCUT2D eigenvalue weighted by atomic mass is 16.5. The maximum atomic E-state index is 5.98. The van der Waals surface area contributed by atoms with Crippen molar-refractivity contribution in [2.45, 2.75) is 37.8 Å². The zero-order valence-corrected chi connectivity index (χ0v) is 12.3. The van der Waals surface area contributed by atoms with Crippen molar-refractivity contribution >= 4 is 0 Å². The molecule has 2 unspecified atom stereocenters. The number of hydrogen-bond acceptors (Lipinski definition) is 4. The molecule has 1 aromatic rings. The van der Waals surface area contributed by atoms with Gasteiger partial charge in [-0.25, -0.2) is 0 Å². The lowest BCUT2D eigenvalue weighted by Crippen LogP contribution is -2.39. The van der Waals surface area contributed by atoms with Gasteiger partial charge >= 0.3 is 0 Å². The van der Waals surface area contributed by atoms with E-state index < -0.39 is 0 Å². The van der Waals surface area contributed by atoms with Gasteiger partial charge in [0, 0.05) is 13.0 Å². The van der Waals surface area contributed by atoms with Gasteiger partial charge in [-0.05, 0) is 44.5 Å². The van der Waals surface area contributed by atoms with Gasteiger partial charge in [-0.1, -0.05) is 6.07 Å².